The Kier molecular flexibility index (Phi) is 9.68. The summed E-state index contributed by atoms with van der Waals surface area (Å²) in [5.74, 6) is -0.367. The van der Waals surface area contributed by atoms with Crippen molar-refractivity contribution in [1.29, 1.82) is 0 Å². The molecule has 2 aromatic carbocycles. The maximum atomic E-state index is 13.1. The Labute approximate surface area is 190 Å². The quantitative estimate of drug-likeness (QED) is 0.492. The normalized spacial score (nSPS) is 13.3. The first-order chi connectivity index (χ1) is 15.2. The summed E-state index contributed by atoms with van der Waals surface area (Å²) in [6.45, 7) is 6.27. The fourth-order valence-corrected chi connectivity index (χ4v) is 3.35. The van der Waals surface area contributed by atoms with Gasteiger partial charge in [0, 0.05) is 13.1 Å². The molecule has 32 heavy (non-hydrogen) atoms. The van der Waals surface area contributed by atoms with Crippen LogP contribution in [0.1, 0.15) is 38.3 Å². The minimum absolute atomic E-state index is 0.253. The lowest BCUT2D eigenvalue weighted by Gasteiger charge is -2.33. The molecular weight excluding hydrogens is 406 g/mol. The van der Waals surface area contributed by atoms with Crippen molar-refractivity contribution in [3.8, 4) is 0 Å². The number of nitrogens with one attached hydrogen (secondary N) is 2. The van der Waals surface area contributed by atoms with Crippen LogP contribution < -0.4 is 10.7 Å². The van der Waals surface area contributed by atoms with Crippen molar-refractivity contribution in [2.24, 2.45) is 5.41 Å². The molecule has 0 aliphatic rings. The van der Waals surface area contributed by atoms with Gasteiger partial charge in [0.25, 0.3) is 5.91 Å². The van der Waals surface area contributed by atoms with Crippen molar-refractivity contribution in [1.82, 2.24) is 15.8 Å². The van der Waals surface area contributed by atoms with Crippen molar-refractivity contribution < 1.29 is 19.4 Å². The average Bonchev–Trinajstić information content (AvgIpc) is 2.76. The van der Waals surface area contributed by atoms with E-state index in [1.165, 1.54) is 7.11 Å². The predicted octanol–water partition coefficient (Wildman–Crippen LogP) is 3.28. The smallest absolute Gasteiger partial charge is 0.407 e. The number of methoxy groups -OCH3 is 1. The summed E-state index contributed by atoms with van der Waals surface area (Å²) in [5, 5.41) is 15.0. The molecule has 2 unspecified atom stereocenters. The zero-order chi connectivity index (χ0) is 23.6. The van der Waals surface area contributed by atoms with E-state index < -0.39 is 23.7 Å². The van der Waals surface area contributed by atoms with Crippen LogP contribution in [0.2, 0.25) is 0 Å². The van der Waals surface area contributed by atoms with Gasteiger partial charge in [-0.2, -0.15) is 0 Å². The molecule has 2 atom stereocenters. The first-order valence-electron chi connectivity index (χ1n) is 10.8. The van der Waals surface area contributed by atoms with Crippen LogP contribution in [0, 0.1) is 5.41 Å². The van der Waals surface area contributed by atoms with E-state index in [2.05, 4.69) is 15.5 Å². The zero-order valence-electron chi connectivity index (χ0n) is 19.4. The molecule has 174 valence electrons. The van der Waals surface area contributed by atoms with Gasteiger partial charge in [0.05, 0.1) is 13.2 Å². The maximum absolute atomic E-state index is 13.1. The minimum atomic E-state index is -0.810. The Morgan fingerprint density at radius 1 is 1.00 bits per heavy atom. The fourth-order valence-electron chi connectivity index (χ4n) is 3.35. The molecule has 0 heterocycles. The number of alkyl carbamates (subject to hydrolysis) is 1. The highest BCUT2D eigenvalue weighted by molar-refractivity contribution is 5.86. The number of nitrogens with zero attached hydrogens (tertiary/aromatic N) is 1. The summed E-state index contributed by atoms with van der Waals surface area (Å²) in [5.41, 5.74) is 4.51. The molecular formula is C25H35N3O4. The number of carbonyl (C=O) groups excluding carboxylic acids is 2. The van der Waals surface area contributed by atoms with Gasteiger partial charge in [-0.25, -0.2) is 9.80 Å². The second-order valence-electron chi connectivity index (χ2n) is 8.96. The number of carbonyl (C=O) groups is 2. The Hall–Kier alpha value is -2.90. The number of aliphatic hydroxyl groups is 1. The van der Waals surface area contributed by atoms with Crippen LogP contribution >= 0.6 is 0 Å². The lowest BCUT2D eigenvalue weighted by molar-refractivity contribution is -0.131. The average molecular weight is 442 g/mol. The largest absolute Gasteiger partial charge is 0.453 e. The Morgan fingerprint density at radius 2 is 1.56 bits per heavy atom. The number of ether oxygens (including phenoxy) is 1. The molecule has 7 heteroatoms. The third-order valence-corrected chi connectivity index (χ3v) is 5.10. The molecule has 0 spiro atoms. The summed E-state index contributed by atoms with van der Waals surface area (Å²) >= 11 is 0. The highest BCUT2D eigenvalue weighted by atomic mass is 16.5. The highest BCUT2D eigenvalue weighted by Gasteiger charge is 2.34. The van der Waals surface area contributed by atoms with Crippen LogP contribution in [0.5, 0.6) is 0 Å². The Morgan fingerprint density at radius 3 is 2.09 bits per heavy atom. The summed E-state index contributed by atoms with van der Waals surface area (Å²) in [6.07, 6.45) is -0.00349. The summed E-state index contributed by atoms with van der Waals surface area (Å²) in [4.78, 5) is 24.9. The SMILES string of the molecule is COC(=O)NC(C(=O)NN(Cc1ccccc1)CC(O)CCc1ccccc1)C(C)(C)C. The van der Waals surface area contributed by atoms with E-state index >= 15 is 0 Å². The molecule has 7 nitrogen and oxygen atoms in total. The van der Waals surface area contributed by atoms with E-state index in [1.54, 1.807) is 5.01 Å². The van der Waals surface area contributed by atoms with Gasteiger partial charge in [-0.1, -0.05) is 81.4 Å². The number of hydrogen-bond donors (Lipinski definition) is 3. The lowest BCUT2D eigenvalue weighted by atomic mass is 9.86. The predicted molar refractivity (Wildman–Crippen MR) is 125 cm³/mol. The van der Waals surface area contributed by atoms with Crippen LogP contribution in [0.3, 0.4) is 0 Å². The molecule has 0 aromatic heterocycles. The van der Waals surface area contributed by atoms with Gasteiger partial charge in [-0.3, -0.25) is 10.2 Å². The van der Waals surface area contributed by atoms with Gasteiger partial charge >= 0.3 is 6.09 Å². The van der Waals surface area contributed by atoms with Crippen LogP contribution in [-0.4, -0.2) is 47.9 Å². The Bertz CT molecular complexity index is 837. The summed E-state index contributed by atoms with van der Waals surface area (Å²) in [6, 6.07) is 18.9. The number of aliphatic hydroxyl groups excluding tert-OH is 1. The number of benzene rings is 2. The molecule has 2 rings (SSSR count). The van der Waals surface area contributed by atoms with Crippen LogP contribution in [0.4, 0.5) is 4.79 Å². The van der Waals surface area contributed by atoms with Gasteiger partial charge < -0.3 is 15.2 Å². The number of hydrazine groups is 1. The molecule has 3 N–H and O–H groups in total. The fraction of sp³-hybridized carbons (Fsp3) is 0.440. The van der Waals surface area contributed by atoms with Crippen molar-refractivity contribution in [2.75, 3.05) is 13.7 Å². The van der Waals surface area contributed by atoms with E-state index in [1.807, 2.05) is 81.4 Å². The third-order valence-electron chi connectivity index (χ3n) is 5.10. The van der Waals surface area contributed by atoms with Crippen molar-refractivity contribution in [3.05, 3.63) is 71.8 Å². The van der Waals surface area contributed by atoms with E-state index in [0.717, 1.165) is 17.5 Å². The molecule has 2 aromatic rings. The highest BCUT2D eigenvalue weighted by Crippen LogP contribution is 2.20. The second kappa shape index (κ2) is 12.2. The van der Waals surface area contributed by atoms with Gasteiger partial charge in [0.15, 0.2) is 0 Å². The Balaban J connectivity index is 2.09. The molecule has 0 saturated carbocycles. The molecule has 0 bridgehead atoms. The van der Waals surface area contributed by atoms with Crippen molar-refractivity contribution >= 4 is 12.0 Å². The molecule has 2 amide bonds. The van der Waals surface area contributed by atoms with Crippen molar-refractivity contribution in [3.63, 3.8) is 0 Å². The van der Waals surface area contributed by atoms with Crippen LogP contribution in [-0.2, 0) is 22.5 Å². The zero-order valence-corrected chi connectivity index (χ0v) is 19.4. The monoisotopic (exact) mass is 441 g/mol. The van der Waals surface area contributed by atoms with E-state index in [0.29, 0.717) is 13.0 Å². The van der Waals surface area contributed by atoms with Crippen LogP contribution in [0.25, 0.3) is 0 Å². The molecule has 0 fully saturated rings. The summed E-state index contributed by atoms with van der Waals surface area (Å²) < 4.78 is 4.68. The molecule has 0 aliphatic carbocycles. The van der Waals surface area contributed by atoms with Crippen LogP contribution in [0.15, 0.2) is 60.7 Å². The first kappa shape index (κ1) is 25.4. The van der Waals surface area contributed by atoms with Gasteiger partial charge in [0.2, 0.25) is 0 Å². The number of aryl methyl sites for hydroxylation is 1. The minimum Gasteiger partial charge on any atom is -0.453 e. The van der Waals surface area contributed by atoms with E-state index in [9.17, 15) is 14.7 Å². The third kappa shape index (κ3) is 8.69. The lowest BCUT2D eigenvalue weighted by Crippen LogP contribution is -2.57. The number of rotatable bonds is 10. The first-order valence-corrected chi connectivity index (χ1v) is 10.8. The standard InChI is InChI=1S/C25H35N3O4/c1-25(2,3)22(26-24(31)32-4)23(30)27-28(17-20-13-9-6-10-14-20)18-21(29)16-15-19-11-7-5-8-12-19/h5-14,21-22,29H,15-18H2,1-4H3,(H,26,31)(H,27,30). The van der Waals surface area contributed by atoms with Crippen molar-refractivity contribution in [2.45, 2.75) is 52.3 Å². The summed E-state index contributed by atoms with van der Waals surface area (Å²) in [7, 11) is 1.26. The topological polar surface area (TPSA) is 90.9 Å². The van der Waals surface area contributed by atoms with Gasteiger partial charge in [-0.15, -0.1) is 0 Å². The molecule has 0 saturated heterocycles. The van der Waals surface area contributed by atoms with E-state index in [4.69, 9.17) is 0 Å². The molecule has 0 radical (unpaired) electrons. The number of hydrogen-bond acceptors (Lipinski definition) is 5. The number of amides is 2. The molecule has 0 aliphatic heterocycles. The van der Waals surface area contributed by atoms with E-state index in [-0.39, 0.29) is 12.5 Å². The van der Waals surface area contributed by atoms with Gasteiger partial charge in [-0.05, 0) is 29.4 Å². The second-order valence-corrected chi connectivity index (χ2v) is 8.96. The van der Waals surface area contributed by atoms with Gasteiger partial charge in [0.1, 0.15) is 6.04 Å². The maximum Gasteiger partial charge on any atom is 0.407 e.